The fraction of sp³-hybridized carbons (Fsp3) is 0.538. The molecule has 2 bridgehead atoms. The Labute approximate surface area is 130 Å². The summed E-state index contributed by atoms with van der Waals surface area (Å²) in [5.41, 5.74) is 5.45. The van der Waals surface area contributed by atoms with Gasteiger partial charge in [0.1, 0.15) is 17.9 Å². The molecule has 0 radical (unpaired) electrons. The summed E-state index contributed by atoms with van der Waals surface area (Å²) in [5, 5.41) is 0. The van der Waals surface area contributed by atoms with Crippen molar-refractivity contribution in [2.45, 2.75) is 24.0 Å². The number of carbonyl (C=O) groups is 1. The number of nitrogens with two attached hydrogens (primary N) is 1. The summed E-state index contributed by atoms with van der Waals surface area (Å²) in [5.74, 6) is -0.227. The highest BCUT2D eigenvalue weighted by atomic mass is 16.7. The maximum absolute atomic E-state index is 12.2. The number of esters is 1. The molecule has 0 aliphatic carbocycles. The third kappa shape index (κ3) is 1.73. The van der Waals surface area contributed by atoms with E-state index in [0.717, 1.165) is 0 Å². The Morgan fingerprint density at radius 3 is 2.96 bits per heavy atom. The average molecular weight is 321 g/mol. The smallest absolute Gasteiger partial charge is 0.344 e. The molecular formula is C13H15N5O5. The van der Waals surface area contributed by atoms with Crippen LogP contribution >= 0.6 is 0 Å². The predicted octanol–water partition coefficient (Wildman–Crippen LogP) is -0.737. The van der Waals surface area contributed by atoms with Gasteiger partial charge in [0.2, 0.25) is 5.60 Å². The lowest BCUT2D eigenvalue weighted by Crippen LogP contribution is -2.49. The Kier molecular flexibility index (Phi) is 3.01. The van der Waals surface area contributed by atoms with Crippen molar-refractivity contribution < 1.29 is 23.7 Å². The van der Waals surface area contributed by atoms with Gasteiger partial charge in [-0.3, -0.25) is 4.57 Å². The van der Waals surface area contributed by atoms with Gasteiger partial charge in [-0.05, 0) is 0 Å². The first-order valence-electron chi connectivity index (χ1n) is 6.96. The van der Waals surface area contributed by atoms with E-state index in [-0.39, 0.29) is 12.4 Å². The lowest BCUT2D eigenvalue weighted by atomic mass is 9.99. The molecule has 2 aromatic rings. The van der Waals surface area contributed by atoms with Gasteiger partial charge in [0.05, 0.1) is 12.9 Å². The Morgan fingerprint density at radius 2 is 2.22 bits per heavy atom. The standard InChI is InChI=1S/C13H15N5O5/c1-20-3-13-8(21-2)7(22-12(13)19)11(23-13)18-5-17-6-9(14)15-4-16-10(6)18/h4-5,7-8,11H,3H2,1-2H3,(H2,14,15,16)/t7?,8?,11-,13-/m1/s1. The van der Waals surface area contributed by atoms with Crippen LogP contribution in [0.25, 0.3) is 11.2 Å². The molecule has 2 N–H and O–H groups in total. The minimum atomic E-state index is -1.30. The van der Waals surface area contributed by atoms with Crippen molar-refractivity contribution in [1.82, 2.24) is 19.5 Å². The Bertz CT molecular complexity index is 779. The molecule has 0 saturated carbocycles. The fourth-order valence-electron chi connectivity index (χ4n) is 3.26. The molecule has 2 aliphatic rings. The molecule has 10 nitrogen and oxygen atoms in total. The molecule has 4 atom stereocenters. The zero-order chi connectivity index (χ0) is 16.2. The normalized spacial score (nSPS) is 32.6. The summed E-state index contributed by atoms with van der Waals surface area (Å²) < 4.78 is 23.7. The van der Waals surface area contributed by atoms with Gasteiger partial charge >= 0.3 is 5.97 Å². The highest BCUT2D eigenvalue weighted by Gasteiger charge is 2.69. The summed E-state index contributed by atoms with van der Waals surface area (Å²) in [7, 11) is 2.99. The summed E-state index contributed by atoms with van der Waals surface area (Å²) in [6, 6.07) is 0. The minimum Gasteiger partial charge on any atom is -0.452 e. The van der Waals surface area contributed by atoms with Crippen LogP contribution in [0, 0.1) is 0 Å². The highest BCUT2D eigenvalue weighted by Crippen LogP contribution is 2.47. The monoisotopic (exact) mass is 321 g/mol. The number of hydrogen-bond donors (Lipinski definition) is 1. The third-order valence-corrected chi connectivity index (χ3v) is 4.23. The molecule has 23 heavy (non-hydrogen) atoms. The second-order valence-corrected chi connectivity index (χ2v) is 5.44. The van der Waals surface area contributed by atoms with Crippen LogP contribution in [0.4, 0.5) is 5.82 Å². The van der Waals surface area contributed by atoms with Gasteiger partial charge in [-0.2, -0.15) is 0 Å². The number of aromatic nitrogens is 4. The van der Waals surface area contributed by atoms with Gasteiger partial charge in [-0.15, -0.1) is 0 Å². The van der Waals surface area contributed by atoms with Gasteiger partial charge < -0.3 is 24.7 Å². The number of nitrogens with zero attached hydrogens (tertiary/aromatic N) is 4. The number of fused-ring (bicyclic) bond motifs is 3. The number of carbonyl (C=O) groups excluding carboxylic acids is 1. The van der Waals surface area contributed by atoms with Crippen LogP contribution in [0.5, 0.6) is 0 Å². The van der Waals surface area contributed by atoms with E-state index < -0.39 is 30.0 Å². The van der Waals surface area contributed by atoms with Crippen molar-refractivity contribution >= 4 is 23.0 Å². The number of anilines is 1. The zero-order valence-corrected chi connectivity index (χ0v) is 12.5. The molecule has 4 rings (SSSR count). The molecular weight excluding hydrogens is 306 g/mol. The summed E-state index contributed by atoms with van der Waals surface area (Å²) in [6.07, 6.45) is 1.02. The summed E-state index contributed by atoms with van der Waals surface area (Å²) in [4.78, 5) is 24.5. The lowest BCUT2D eigenvalue weighted by molar-refractivity contribution is -0.203. The van der Waals surface area contributed by atoms with Gasteiger partial charge in [0.15, 0.2) is 23.8 Å². The summed E-state index contributed by atoms with van der Waals surface area (Å²) in [6.45, 7) is 0.0289. The molecule has 0 spiro atoms. The van der Waals surface area contributed by atoms with Gasteiger partial charge in [-0.1, -0.05) is 0 Å². The van der Waals surface area contributed by atoms with Crippen molar-refractivity contribution in [2.24, 2.45) is 0 Å². The molecule has 2 aromatic heterocycles. The van der Waals surface area contributed by atoms with Gasteiger partial charge in [-0.25, -0.2) is 19.7 Å². The number of imidazole rings is 1. The molecule has 2 fully saturated rings. The SMILES string of the molecule is COC[C@]12O[C@@H](n3cnc4c(N)ncnc43)C(OC1=O)C2OC. The van der Waals surface area contributed by atoms with E-state index in [4.69, 9.17) is 24.7 Å². The van der Waals surface area contributed by atoms with Crippen molar-refractivity contribution in [2.75, 3.05) is 26.6 Å². The first-order valence-corrected chi connectivity index (χ1v) is 6.96. The maximum atomic E-state index is 12.2. The largest absolute Gasteiger partial charge is 0.452 e. The van der Waals surface area contributed by atoms with E-state index in [1.807, 2.05) is 0 Å². The third-order valence-electron chi connectivity index (χ3n) is 4.23. The van der Waals surface area contributed by atoms with Crippen LogP contribution in [0.3, 0.4) is 0 Å². The first kappa shape index (κ1) is 14.3. The van der Waals surface area contributed by atoms with Gasteiger partial charge in [0, 0.05) is 14.2 Å². The van der Waals surface area contributed by atoms with Crippen LogP contribution in [0.15, 0.2) is 12.7 Å². The molecule has 0 amide bonds. The first-order chi connectivity index (χ1) is 11.1. The van der Waals surface area contributed by atoms with Crippen LogP contribution in [0.1, 0.15) is 6.23 Å². The van der Waals surface area contributed by atoms with E-state index in [9.17, 15) is 4.79 Å². The number of nitrogen functional groups attached to an aromatic ring is 1. The second-order valence-electron chi connectivity index (χ2n) is 5.44. The molecule has 2 aliphatic heterocycles. The average Bonchev–Trinajstić information content (AvgIpc) is 3.15. The van der Waals surface area contributed by atoms with E-state index in [2.05, 4.69) is 15.0 Å². The van der Waals surface area contributed by atoms with Crippen molar-refractivity contribution in [3.05, 3.63) is 12.7 Å². The van der Waals surface area contributed by atoms with E-state index in [0.29, 0.717) is 11.2 Å². The summed E-state index contributed by atoms with van der Waals surface area (Å²) >= 11 is 0. The molecule has 2 unspecified atom stereocenters. The van der Waals surface area contributed by atoms with Crippen molar-refractivity contribution in [3.8, 4) is 0 Å². The second kappa shape index (κ2) is 4.85. The molecule has 4 heterocycles. The number of hydrogen-bond acceptors (Lipinski definition) is 9. The van der Waals surface area contributed by atoms with Crippen LogP contribution in [-0.4, -0.2) is 64.1 Å². The quantitative estimate of drug-likeness (QED) is 0.725. The predicted molar refractivity (Wildman–Crippen MR) is 75.1 cm³/mol. The zero-order valence-electron chi connectivity index (χ0n) is 12.5. The lowest BCUT2D eigenvalue weighted by Gasteiger charge is -2.28. The van der Waals surface area contributed by atoms with E-state index in [1.165, 1.54) is 26.9 Å². The Balaban J connectivity index is 1.79. The number of ether oxygens (including phenoxy) is 4. The molecule has 10 heteroatoms. The van der Waals surface area contributed by atoms with E-state index >= 15 is 0 Å². The highest BCUT2D eigenvalue weighted by molar-refractivity contribution is 5.85. The van der Waals surface area contributed by atoms with Crippen LogP contribution < -0.4 is 5.73 Å². The van der Waals surface area contributed by atoms with Crippen LogP contribution in [-0.2, 0) is 23.7 Å². The topological polar surface area (TPSA) is 124 Å². The molecule has 122 valence electrons. The number of rotatable bonds is 4. The Hall–Kier alpha value is -2.30. The molecule has 0 aromatic carbocycles. The fourth-order valence-corrected chi connectivity index (χ4v) is 3.26. The molecule has 2 saturated heterocycles. The minimum absolute atomic E-state index is 0.0289. The number of methoxy groups -OCH3 is 2. The maximum Gasteiger partial charge on any atom is 0.344 e. The van der Waals surface area contributed by atoms with Gasteiger partial charge in [0.25, 0.3) is 0 Å². The van der Waals surface area contributed by atoms with Crippen molar-refractivity contribution in [1.29, 1.82) is 0 Å². The Morgan fingerprint density at radius 1 is 1.39 bits per heavy atom. The van der Waals surface area contributed by atoms with Crippen molar-refractivity contribution in [3.63, 3.8) is 0 Å². The van der Waals surface area contributed by atoms with E-state index in [1.54, 1.807) is 4.57 Å². The van der Waals surface area contributed by atoms with Crippen LogP contribution in [0.2, 0.25) is 0 Å².